The number of hydrogen-bond acceptors (Lipinski definition) is 8. The Balaban J connectivity index is -0.00000272. The topological polar surface area (TPSA) is 173 Å². The molecule has 2 aromatic carbocycles. The third-order valence-electron chi connectivity index (χ3n) is 4.65. The molecule has 34 heavy (non-hydrogen) atoms. The summed E-state index contributed by atoms with van der Waals surface area (Å²) in [5.41, 5.74) is 5.02. The summed E-state index contributed by atoms with van der Waals surface area (Å²) in [7, 11) is -8.50. The molecule has 14 heteroatoms. The van der Waals surface area contributed by atoms with Gasteiger partial charge < -0.3 is 23.7 Å². The van der Waals surface area contributed by atoms with Crippen molar-refractivity contribution in [3.63, 3.8) is 0 Å². The molecule has 0 heterocycles. The number of anilines is 2. The van der Waals surface area contributed by atoms with Crippen LogP contribution in [0.1, 0.15) is 14.0 Å². The summed E-state index contributed by atoms with van der Waals surface area (Å²) in [6.07, 6.45) is -2.49. The summed E-state index contributed by atoms with van der Waals surface area (Å²) in [4.78, 5) is 0. The van der Waals surface area contributed by atoms with Gasteiger partial charge in [-0.2, -0.15) is 16.8 Å². The van der Waals surface area contributed by atoms with Crippen LogP contribution in [0.3, 0.4) is 0 Å². The third kappa shape index (κ3) is 12.2. The van der Waals surface area contributed by atoms with Gasteiger partial charge in [0.05, 0.1) is 12.2 Å². The van der Waals surface area contributed by atoms with Crippen molar-refractivity contribution in [2.45, 2.75) is 26.1 Å². The minimum absolute atomic E-state index is 0. The number of hydrogen-bond donors (Lipinski definition) is 6. The van der Waals surface area contributed by atoms with Crippen molar-refractivity contribution in [2.75, 3.05) is 35.2 Å². The fraction of sp³-hybridized carbons (Fsp3) is 0.400. The van der Waals surface area contributed by atoms with Gasteiger partial charge in [0.15, 0.2) is 0 Å². The van der Waals surface area contributed by atoms with Crippen molar-refractivity contribution in [1.82, 2.24) is 0 Å². The predicted molar refractivity (Wildman–Crippen MR) is 125 cm³/mol. The van der Waals surface area contributed by atoms with Crippen LogP contribution in [0.15, 0.2) is 36.4 Å². The number of rotatable bonds is 11. The second-order valence-corrected chi connectivity index (χ2v) is 10.6. The van der Waals surface area contributed by atoms with Crippen molar-refractivity contribution < 1.29 is 98.1 Å². The molecule has 0 aromatic heterocycles. The van der Waals surface area contributed by atoms with Gasteiger partial charge in [-0.05, 0) is 60.4 Å². The quantitative estimate of drug-likeness (QED) is 0.121. The molecule has 0 spiro atoms. The normalized spacial score (nSPS) is 13.2. The Kier molecular flexibility index (Phi) is 14.4. The van der Waals surface area contributed by atoms with Gasteiger partial charge in [-0.25, -0.2) is 0 Å². The number of benzene rings is 2. The average molecular weight is 537 g/mol. The zero-order valence-corrected chi connectivity index (χ0v) is 25.3. The Labute approximate surface area is 247 Å². The van der Waals surface area contributed by atoms with E-state index in [-0.39, 0.29) is 75.1 Å². The largest absolute Gasteiger partial charge is 1.00 e. The van der Waals surface area contributed by atoms with Crippen LogP contribution < -0.4 is 69.7 Å². The summed E-state index contributed by atoms with van der Waals surface area (Å²) < 4.78 is 60.8. The van der Waals surface area contributed by atoms with Gasteiger partial charge in [-0.15, -0.1) is 0 Å². The van der Waals surface area contributed by atoms with Crippen LogP contribution in [0, 0.1) is 13.8 Å². The molecule has 0 radical (unpaired) electrons. The fourth-order valence-electron chi connectivity index (χ4n) is 3.14. The molecule has 2 rings (SSSR count). The molecular formula is C20H30N2Na2O8S2. The van der Waals surface area contributed by atoms with Gasteiger partial charge >= 0.3 is 59.1 Å². The van der Waals surface area contributed by atoms with E-state index in [4.69, 9.17) is 9.11 Å². The Morgan fingerprint density at radius 1 is 0.735 bits per heavy atom. The van der Waals surface area contributed by atoms with Crippen LogP contribution >= 0.6 is 0 Å². The van der Waals surface area contributed by atoms with E-state index >= 15 is 0 Å². The van der Waals surface area contributed by atoms with Gasteiger partial charge in [-0.1, -0.05) is 12.1 Å². The first kappa shape index (κ1) is 33.8. The molecule has 0 saturated heterocycles. The van der Waals surface area contributed by atoms with Crippen molar-refractivity contribution in [3.05, 3.63) is 47.5 Å². The van der Waals surface area contributed by atoms with E-state index in [0.717, 1.165) is 22.3 Å². The molecule has 0 fully saturated rings. The average Bonchev–Trinajstić information content (AvgIpc) is 2.63. The standard InChI is InChI=1S/C20H28N2O8S2.2Na.2H/c1-13-7-15(3-5-19(13)21-9-17(23)11-31(25,26)27)16-4-6-20(14(2)8-16)22-10-18(24)12-32(28,29)30;;;;/h3-8,17-18,21-24H,9-12H2,1-2H3,(H,25,26,27)(H,28,29,30);;;;/q;2*+1;2*-1. The van der Waals surface area contributed by atoms with Crippen LogP contribution in [0.5, 0.6) is 0 Å². The van der Waals surface area contributed by atoms with Crippen molar-refractivity contribution in [1.29, 1.82) is 0 Å². The van der Waals surface area contributed by atoms with E-state index < -0.39 is 43.9 Å². The fourth-order valence-corrected chi connectivity index (χ4v) is 4.35. The summed E-state index contributed by atoms with van der Waals surface area (Å²) in [5, 5.41) is 25.3. The summed E-state index contributed by atoms with van der Waals surface area (Å²) in [6, 6.07) is 11.2. The number of aliphatic hydroxyl groups is 2. The van der Waals surface area contributed by atoms with E-state index in [0.29, 0.717) is 11.4 Å². The van der Waals surface area contributed by atoms with Crippen LogP contribution in [-0.4, -0.2) is 73.0 Å². The SMILES string of the molecule is Cc1cc(-c2ccc(NCC(O)CS(=O)(=O)O)c(C)c2)ccc1NCC(O)CS(=O)(=O)O.[H-].[H-].[Na+].[Na+]. The van der Waals surface area contributed by atoms with Gasteiger partial charge in [0.25, 0.3) is 20.2 Å². The molecule has 2 aromatic rings. The van der Waals surface area contributed by atoms with Gasteiger partial charge in [-0.3, -0.25) is 9.11 Å². The van der Waals surface area contributed by atoms with Crippen LogP contribution in [0.4, 0.5) is 11.4 Å². The molecule has 0 aliphatic carbocycles. The molecule has 0 amide bonds. The van der Waals surface area contributed by atoms with E-state index in [1.165, 1.54) is 0 Å². The Morgan fingerprint density at radius 2 is 1.06 bits per heavy atom. The monoisotopic (exact) mass is 536 g/mol. The zero-order chi connectivity index (χ0) is 24.1. The van der Waals surface area contributed by atoms with E-state index in [9.17, 15) is 27.0 Å². The molecule has 0 bridgehead atoms. The maximum atomic E-state index is 10.8. The first-order valence-electron chi connectivity index (χ1n) is 9.69. The molecule has 6 N–H and O–H groups in total. The van der Waals surface area contributed by atoms with Crippen LogP contribution in [0.2, 0.25) is 0 Å². The van der Waals surface area contributed by atoms with E-state index in [2.05, 4.69) is 10.6 Å². The Morgan fingerprint density at radius 3 is 1.32 bits per heavy atom. The third-order valence-corrected chi connectivity index (χ3v) is 6.26. The van der Waals surface area contributed by atoms with Gasteiger partial charge in [0.1, 0.15) is 11.5 Å². The second-order valence-electron chi connectivity index (χ2n) is 7.63. The van der Waals surface area contributed by atoms with E-state index in [1.54, 1.807) is 12.1 Å². The first-order valence-corrected chi connectivity index (χ1v) is 12.9. The maximum absolute atomic E-state index is 10.8. The number of aliphatic hydroxyl groups excluding tert-OH is 2. The summed E-state index contributed by atoms with van der Waals surface area (Å²) in [5.74, 6) is -1.49. The van der Waals surface area contributed by atoms with Crippen molar-refractivity contribution in [2.24, 2.45) is 0 Å². The molecule has 2 unspecified atom stereocenters. The second kappa shape index (κ2) is 14.5. The van der Waals surface area contributed by atoms with Crippen molar-refractivity contribution in [3.8, 4) is 11.1 Å². The molecule has 2 atom stereocenters. The molecule has 0 saturated carbocycles. The number of nitrogens with one attached hydrogen (secondary N) is 2. The number of aryl methyl sites for hydroxylation is 2. The first-order chi connectivity index (χ1) is 14.7. The predicted octanol–water partition coefficient (Wildman–Crippen LogP) is -4.48. The smallest absolute Gasteiger partial charge is 1.00 e. The Hall–Kier alpha value is -0.220. The van der Waals surface area contributed by atoms with Gasteiger partial charge in [0.2, 0.25) is 0 Å². The summed E-state index contributed by atoms with van der Waals surface area (Å²) in [6.45, 7) is 3.65. The van der Waals surface area contributed by atoms with Gasteiger partial charge in [0, 0.05) is 24.5 Å². The van der Waals surface area contributed by atoms with E-state index in [1.807, 2.05) is 38.1 Å². The summed E-state index contributed by atoms with van der Waals surface area (Å²) >= 11 is 0. The molecule has 182 valence electrons. The zero-order valence-electron chi connectivity index (χ0n) is 21.7. The minimum atomic E-state index is -4.25. The Bertz CT molecular complexity index is 1080. The molecular weight excluding hydrogens is 506 g/mol. The molecule has 0 aliphatic rings. The van der Waals surface area contributed by atoms with Crippen LogP contribution in [-0.2, 0) is 20.2 Å². The molecule has 0 aliphatic heterocycles. The minimum Gasteiger partial charge on any atom is -1.00 e. The van der Waals surface area contributed by atoms with Crippen LogP contribution in [0.25, 0.3) is 11.1 Å². The molecule has 10 nitrogen and oxygen atoms in total. The maximum Gasteiger partial charge on any atom is 1.00 e. The van der Waals surface area contributed by atoms with Crippen molar-refractivity contribution >= 4 is 31.6 Å².